The Labute approximate surface area is 104 Å². The number of aliphatic hydroxyl groups is 1. The zero-order valence-corrected chi connectivity index (χ0v) is 10.5. The molecule has 1 aromatic carbocycles. The monoisotopic (exact) mass is 254 g/mol. The van der Waals surface area contributed by atoms with Crippen molar-refractivity contribution in [3.8, 4) is 5.75 Å². The first kappa shape index (κ1) is 12.3. The van der Waals surface area contributed by atoms with E-state index in [2.05, 4.69) is 0 Å². The van der Waals surface area contributed by atoms with Gasteiger partial charge in [-0.3, -0.25) is 0 Å². The van der Waals surface area contributed by atoms with E-state index in [0.717, 1.165) is 10.5 Å². The molecule has 4 nitrogen and oxygen atoms in total. The van der Waals surface area contributed by atoms with Gasteiger partial charge >= 0.3 is 5.97 Å². The first-order valence-corrected chi connectivity index (χ1v) is 6.51. The smallest absolute Gasteiger partial charge is 0.339 e. The molecule has 0 amide bonds. The Bertz CT molecular complexity index is 444. The van der Waals surface area contributed by atoms with Crippen LogP contribution in [0.5, 0.6) is 5.75 Å². The summed E-state index contributed by atoms with van der Waals surface area (Å²) in [4.78, 5) is 12.4. The largest absolute Gasteiger partial charge is 0.493 e. The lowest BCUT2D eigenvalue weighted by molar-refractivity contribution is 0.0594. The van der Waals surface area contributed by atoms with Crippen LogP contribution in [0.15, 0.2) is 17.0 Å². The number of benzene rings is 1. The van der Waals surface area contributed by atoms with Crippen LogP contribution in [0.1, 0.15) is 28.4 Å². The van der Waals surface area contributed by atoms with Gasteiger partial charge in [0.1, 0.15) is 5.75 Å². The molecule has 17 heavy (non-hydrogen) atoms. The van der Waals surface area contributed by atoms with Crippen LogP contribution in [0, 0.1) is 0 Å². The van der Waals surface area contributed by atoms with E-state index in [1.807, 2.05) is 6.26 Å². The van der Waals surface area contributed by atoms with Crippen molar-refractivity contribution in [1.29, 1.82) is 0 Å². The van der Waals surface area contributed by atoms with Gasteiger partial charge in [0.25, 0.3) is 0 Å². The maximum atomic E-state index is 11.6. The fourth-order valence-electron chi connectivity index (χ4n) is 1.84. The molecule has 1 heterocycles. The Balaban J connectivity index is 2.51. The molecule has 0 saturated carbocycles. The number of fused-ring (bicyclic) bond motifs is 1. The lowest BCUT2D eigenvalue weighted by Crippen LogP contribution is -2.15. The molecule has 92 valence electrons. The lowest BCUT2D eigenvalue weighted by Gasteiger charge is -2.23. The highest BCUT2D eigenvalue weighted by atomic mass is 32.2. The second-order valence-electron chi connectivity index (χ2n) is 3.73. The maximum Gasteiger partial charge on any atom is 0.339 e. The van der Waals surface area contributed by atoms with E-state index < -0.39 is 6.10 Å². The summed E-state index contributed by atoms with van der Waals surface area (Å²) in [5.41, 5.74) is 1.22. The van der Waals surface area contributed by atoms with Gasteiger partial charge in [-0.1, -0.05) is 0 Å². The Morgan fingerprint density at radius 3 is 3.00 bits per heavy atom. The fraction of sp³-hybridized carbons (Fsp3) is 0.417. The third-order valence-corrected chi connectivity index (χ3v) is 3.52. The summed E-state index contributed by atoms with van der Waals surface area (Å²) in [7, 11) is 1.35. The van der Waals surface area contributed by atoms with Crippen LogP contribution in [0.4, 0.5) is 0 Å². The standard InChI is InChI=1S/C12H14O4S/c1-15-12(14)8-5-10-7(6-11(8)17-2)9(13)3-4-16-10/h5-6,9,13H,3-4H2,1-2H3. The van der Waals surface area contributed by atoms with Crippen LogP contribution < -0.4 is 4.74 Å². The summed E-state index contributed by atoms with van der Waals surface area (Å²) in [6.45, 7) is 0.466. The summed E-state index contributed by atoms with van der Waals surface area (Å²) in [5, 5.41) is 9.86. The quantitative estimate of drug-likeness (QED) is 0.646. The molecule has 0 fully saturated rings. The molecule has 1 aliphatic rings. The van der Waals surface area contributed by atoms with Crippen LogP contribution in [-0.2, 0) is 4.74 Å². The normalized spacial score (nSPS) is 18.2. The van der Waals surface area contributed by atoms with Crippen molar-refractivity contribution in [3.05, 3.63) is 23.3 Å². The molecule has 1 unspecified atom stereocenters. The molecule has 0 bridgehead atoms. The second kappa shape index (κ2) is 4.98. The maximum absolute atomic E-state index is 11.6. The van der Waals surface area contributed by atoms with Crippen molar-refractivity contribution < 1.29 is 19.4 Å². The van der Waals surface area contributed by atoms with Crippen LogP contribution in [0.3, 0.4) is 0 Å². The van der Waals surface area contributed by atoms with Gasteiger partial charge in [-0.25, -0.2) is 4.79 Å². The Morgan fingerprint density at radius 1 is 1.59 bits per heavy atom. The molecular weight excluding hydrogens is 240 g/mol. The number of carbonyl (C=O) groups is 1. The lowest BCUT2D eigenvalue weighted by atomic mass is 10.0. The van der Waals surface area contributed by atoms with Gasteiger partial charge in [-0.15, -0.1) is 11.8 Å². The van der Waals surface area contributed by atoms with E-state index in [1.54, 1.807) is 12.1 Å². The summed E-state index contributed by atoms with van der Waals surface area (Å²) < 4.78 is 10.2. The van der Waals surface area contributed by atoms with E-state index in [4.69, 9.17) is 9.47 Å². The minimum atomic E-state index is -0.517. The first-order chi connectivity index (χ1) is 8.17. The second-order valence-corrected chi connectivity index (χ2v) is 4.58. The topological polar surface area (TPSA) is 55.8 Å². The summed E-state index contributed by atoms with van der Waals surface area (Å²) in [5.74, 6) is 0.183. The van der Waals surface area contributed by atoms with Crippen molar-refractivity contribution in [3.63, 3.8) is 0 Å². The van der Waals surface area contributed by atoms with Crippen LogP contribution in [0.2, 0.25) is 0 Å². The van der Waals surface area contributed by atoms with E-state index in [9.17, 15) is 9.90 Å². The molecule has 0 aliphatic carbocycles. The average molecular weight is 254 g/mol. The van der Waals surface area contributed by atoms with Crippen molar-refractivity contribution in [2.45, 2.75) is 17.4 Å². The molecule has 5 heteroatoms. The summed E-state index contributed by atoms with van der Waals surface area (Å²) in [6, 6.07) is 3.45. The van der Waals surface area contributed by atoms with Crippen molar-refractivity contribution in [2.75, 3.05) is 20.0 Å². The summed E-state index contributed by atoms with van der Waals surface area (Å²) in [6.07, 6.45) is 1.94. The zero-order chi connectivity index (χ0) is 12.4. The third kappa shape index (κ3) is 2.25. The van der Waals surface area contributed by atoms with Crippen LogP contribution in [0.25, 0.3) is 0 Å². The highest BCUT2D eigenvalue weighted by Crippen LogP contribution is 2.37. The van der Waals surface area contributed by atoms with Gasteiger partial charge in [0.15, 0.2) is 0 Å². The van der Waals surface area contributed by atoms with Gasteiger partial charge < -0.3 is 14.6 Å². The predicted octanol–water partition coefficient (Wildman–Crippen LogP) is 2.01. The Morgan fingerprint density at radius 2 is 2.35 bits per heavy atom. The van der Waals surface area contributed by atoms with Crippen LogP contribution in [-0.4, -0.2) is 31.0 Å². The van der Waals surface area contributed by atoms with E-state index in [1.165, 1.54) is 18.9 Å². The van der Waals surface area contributed by atoms with Gasteiger partial charge in [0.2, 0.25) is 0 Å². The molecule has 1 atom stereocenters. The fourth-order valence-corrected chi connectivity index (χ4v) is 2.44. The number of aliphatic hydroxyl groups excluding tert-OH is 1. The first-order valence-electron chi connectivity index (χ1n) is 5.28. The van der Waals surface area contributed by atoms with E-state index >= 15 is 0 Å². The molecule has 1 aromatic rings. The molecule has 1 N–H and O–H groups in total. The SMILES string of the molecule is COC(=O)c1cc2c(cc1SC)C(O)CCO2. The highest BCUT2D eigenvalue weighted by Gasteiger charge is 2.23. The Hall–Kier alpha value is -1.20. The molecule has 0 radical (unpaired) electrons. The Kier molecular flexibility index (Phi) is 3.59. The number of esters is 1. The van der Waals surface area contributed by atoms with Crippen molar-refractivity contribution >= 4 is 17.7 Å². The average Bonchev–Trinajstić information content (AvgIpc) is 2.37. The number of rotatable bonds is 2. The molecule has 0 spiro atoms. The number of carbonyl (C=O) groups excluding carboxylic acids is 1. The number of methoxy groups -OCH3 is 1. The molecule has 1 aliphatic heterocycles. The number of thioether (sulfide) groups is 1. The van der Waals surface area contributed by atoms with Crippen molar-refractivity contribution in [1.82, 2.24) is 0 Å². The zero-order valence-electron chi connectivity index (χ0n) is 9.73. The number of ether oxygens (including phenoxy) is 2. The molecule has 0 aromatic heterocycles. The van der Waals surface area contributed by atoms with Gasteiger partial charge in [-0.2, -0.15) is 0 Å². The number of hydrogen-bond donors (Lipinski definition) is 1. The predicted molar refractivity (Wildman–Crippen MR) is 64.6 cm³/mol. The minimum Gasteiger partial charge on any atom is -0.493 e. The van der Waals surface area contributed by atoms with Crippen molar-refractivity contribution in [2.24, 2.45) is 0 Å². The minimum absolute atomic E-state index is 0.388. The third-order valence-electron chi connectivity index (χ3n) is 2.75. The van der Waals surface area contributed by atoms with E-state index in [-0.39, 0.29) is 5.97 Å². The molecule has 0 saturated heterocycles. The number of hydrogen-bond acceptors (Lipinski definition) is 5. The van der Waals surface area contributed by atoms with Crippen LogP contribution >= 0.6 is 11.8 Å². The van der Waals surface area contributed by atoms with Gasteiger partial charge in [-0.05, 0) is 18.4 Å². The van der Waals surface area contributed by atoms with E-state index in [0.29, 0.717) is 24.3 Å². The summed E-state index contributed by atoms with van der Waals surface area (Å²) >= 11 is 1.45. The van der Waals surface area contributed by atoms with Gasteiger partial charge in [0.05, 0.1) is 25.4 Å². The van der Waals surface area contributed by atoms with Gasteiger partial charge in [0, 0.05) is 16.9 Å². The highest BCUT2D eigenvalue weighted by molar-refractivity contribution is 7.98. The molecular formula is C12H14O4S. The molecule has 2 rings (SSSR count).